The molecule has 2 fully saturated rings. The van der Waals surface area contributed by atoms with E-state index in [-0.39, 0.29) is 18.6 Å². The Morgan fingerprint density at radius 2 is 2.00 bits per heavy atom. The number of hydrogen-bond acceptors (Lipinski definition) is 8. The van der Waals surface area contributed by atoms with Crippen LogP contribution in [0.25, 0.3) is 0 Å². The molecule has 1 atom stereocenters. The number of amides is 3. The Morgan fingerprint density at radius 1 is 1.19 bits per heavy atom. The minimum Gasteiger partial charge on any atom is -0.493 e. The van der Waals surface area contributed by atoms with Gasteiger partial charge in [0.15, 0.2) is 18.1 Å². The Morgan fingerprint density at radius 3 is 2.72 bits per heavy atom. The molecule has 2 heterocycles. The molecule has 2 aliphatic heterocycles. The minimum absolute atomic E-state index is 0.0485. The average molecular weight is 448 g/mol. The van der Waals surface area contributed by atoms with Crippen molar-refractivity contribution in [3.05, 3.63) is 23.8 Å². The summed E-state index contributed by atoms with van der Waals surface area (Å²) >= 11 is 0. The average Bonchev–Trinajstić information content (AvgIpc) is 3.35. The van der Waals surface area contributed by atoms with Gasteiger partial charge in [0.25, 0.3) is 5.91 Å². The number of hydrogen-bond donors (Lipinski definition) is 2. The predicted molar refractivity (Wildman–Crippen MR) is 114 cm³/mol. The second-order valence-electron chi connectivity index (χ2n) is 7.24. The van der Waals surface area contributed by atoms with Crippen LogP contribution in [0.4, 0.5) is 0 Å². The fourth-order valence-corrected chi connectivity index (χ4v) is 3.24. The van der Waals surface area contributed by atoms with Crippen LogP contribution in [-0.2, 0) is 23.9 Å². The van der Waals surface area contributed by atoms with Crippen LogP contribution in [0.3, 0.4) is 0 Å². The van der Waals surface area contributed by atoms with Crippen LogP contribution in [-0.4, -0.2) is 88.1 Å². The number of nitrogens with zero attached hydrogens (tertiary/aromatic N) is 2. The second-order valence-corrected chi connectivity index (χ2v) is 7.24. The molecular weight excluding hydrogens is 420 g/mol. The maximum Gasteiger partial charge on any atom is 0.329 e. The first-order valence-electron chi connectivity index (χ1n) is 10.5. The summed E-state index contributed by atoms with van der Waals surface area (Å²) in [7, 11) is 1.48. The van der Waals surface area contributed by atoms with Crippen molar-refractivity contribution in [3.63, 3.8) is 0 Å². The first-order valence-corrected chi connectivity index (χ1v) is 10.5. The van der Waals surface area contributed by atoms with Crippen molar-refractivity contribution < 1.29 is 33.3 Å². The largest absolute Gasteiger partial charge is 0.493 e. The van der Waals surface area contributed by atoms with Gasteiger partial charge < -0.3 is 29.2 Å². The Hall–Kier alpha value is -3.18. The Labute approximate surface area is 186 Å². The molecule has 32 heavy (non-hydrogen) atoms. The lowest BCUT2D eigenvalue weighted by Gasteiger charge is -2.26. The summed E-state index contributed by atoms with van der Waals surface area (Å²) < 4.78 is 21.5. The summed E-state index contributed by atoms with van der Waals surface area (Å²) in [5, 5.41) is 6.32. The highest BCUT2D eigenvalue weighted by Gasteiger charge is 2.19. The van der Waals surface area contributed by atoms with E-state index in [1.54, 1.807) is 23.1 Å². The number of morpholine rings is 1. The molecule has 0 unspecified atom stereocenters. The van der Waals surface area contributed by atoms with Gasteiger partial charge in [-0.1, -0.05) is 0 Å². The van der Waals surface area contributed by atoms with E-state index in [2.05, 4.69) is 15.8 Å². The molecule has 0 aromatic heterocycles. The molecule has 2 aliphatic rings. The predicted octanol–water partition coefficient (Wildman–Crippen LogP) is -0.322. The summed E-state index contributed by atoms with van der Waals surface area (Å²) in [5.41, 5.74) is 2.79. The van der Waals surface area contributed by atoms with Crippen LogP contribution in [0.15, 0.2) is 23.3 Å². The van der Waals surface area contributed by atoms with Gasteiger partial charge in [0.05, 0.1) is 32.6 Å². The highest BCUT2D eigenvalue weighted by Crippen LogP contribution is 2.27. The number of hydrazone groups is 1. The molecule has 3 rings (SSSR count). The zero-order valence-corrected chi connectivity index (χ0v) is 18.0. The second kappa shape index (κ2) is 12.0. The molecule has 11 nitrogen and oxygen atoms in total. The zero-order valence-electron chi connectivity index (χ0n) is 18.0. The van der Waals surface area contributed by atoms with Gasteiger partial charge in [-0.2, -0.15) is 5.10 Å². The number of carbonyl (C=O) groups excluding carboxylic acids is 3. The van der Waals surface area contributed by atoms with Crippen LogP contribution in [0.1, 0.15) is 18.4 Å². The normalized spacial score (nSPS) is 18.4. The third kappa shape index (κ3) is 6.92. The van der Waals surface area contributed by atoms with Gasteiger partial charge in [-0.05, 0) is 36.6 Å². The van der Waals surface area contributed by atoms with Gasteiger partial charge in [0, 0.05) is 26.2 Å². The summed E-state index contributed by atoms with van der Waals surface area (Å²) in [6.07, 6.45) is 3.14. The topological polar surface area (TPSA) is 128 Å². The fraction of sp³-hybridized carbons (Fsp3) is 0.524. The Kier molecular flexibility index (Phi) is 8.81. The number of ether oxygens (including phenoxy) is 4. The summed E-state index contributed by atoms with van der Waals surface area (Å²) in [6.45, 7) is 3.00. The third-order valence-electron chi connectivity index (χ3n) is 5.00. The molecule has 0 radical (unpaired) electrons. The molecule has 1 aromatic carbocycles. The van der Waals surface area contributed by atoms with Crippen molar-refractivity contribution in [2.45, 2.75) is 18.9 Å². The lowest BCUT2D eigenvalue weighted by molar-refractivity contribution is -0.139. The van der Waals surface area contributed by atoms with E-state index < -0.39 is 11.8 Å². The van der Waals surface area contributed by atoms with E-state index in [1.807, 2.05) is 0 Å². The van der Waals surface area contributed by atoms with Crippen LogP contribution in [0.2, 0.25) is 0 Å². The number of carbonyl (C=O) groups is 3. The molecule has 174 valence electrons. The fourth-order valence-electron chi connectivity index (χ4n) is 3.24. The Bertz CT molecular complexity index is 833. The molecule has 0 saturated carbocycles. The zero-order chi connectivity index (χ0) is 22.8. The van der Waals surface area contributed by atoms with Crippen LogP contribution in [0.5, 0.6) is 11.5 Å². The molecule has 2 saturated heterocycles. The number of methoxy groups -OCH3 is 1. The third-order valence-corrected chi connectivity index (χ3v) is 5.00. The van der Waals surface area contributed by atoms with Crippen molar-refractivity contribution in [3.8, 4) is 11.5 Å². The van der Waals surface area contributed by atoms with E-state index in [9.17, 15) is 14.4 Å². The van der Waals surface area contributed by atoms with Crippen LogP contribution in [0, 0.1) is 0 Å². The van der Waals surface area contributed by atoms with Crippen molar-refractivity contribution in [2.75, 3.05) is 53.2 Å². The number of benzene rings is 1. The van der Waals surface area contributed by atoms with Crippen molar-refractivity contribution in [1.29, 1.82) is 0 Å². The van der Waals surface area contributed by atoms with Crippen LogP contribution < -0.4 is 20.2 Å². The van der Waals surface area contributed by atoms with E-state index in [1.165, 1.54) is 13.3 Å². The smallest absolute Gasteiger partial charge is 0.329 e. The summed E-state index contributed by atoms with van der Waals surface area (Å²) in [5.74, 6) is -0.952. The van der Waals surface area contributed by atoms with Gasteiger partial charge in [0.1, 0.15) is 0 Å². The van der Waals surface area contributed by atoms with Gasteiger partial charge in [-0.15, -0.1) is 0 Å². The molecular formula is C21H28N4O7. The molecule has 0 aliphatic carbocycles. The first kappa shape index (κ1) is 23.5. The highest BCUT2D eigenvalue weighted by molar-refractivity contribution is 6.35. The van der Waals surface area contributed by atoms with Crippen molar-refractivity contribution in [2.24, 2.45) is 5.10 Å². The molecule has 11 heteroatoms. The first-order chi connectivity index (χ1) is 15.6. The minimum atomic E-state index is -0.868. The van der Waals surface area contributed by atoms with Crippen molar-refractivity contribution >= 4 is 23.9 Å². The number of rotatable bonds is 8. The quantitative estimate of drug-likeness (QED) is 0.317. The highest BCUT2D eigenvalue weighted by atomic mass is 16.5. The van der Waals surface area contributed by atoms with E-state index >= 15 is 0 Å². The lowest BCUT2D eigenvalue weighted by Crippen LogP contribution is -2.43. The maximum atomic E-state index is 12.2. The molecule has 3 amide bonds. The maximum absolute atomic E-state index is 12.2. The van der Waals surface area contributed by atoms with Gasteiger partial charge in [-0.25, -0.2) is 5.43 Å². The summed E-state index contributed by atoms with van der Waals surface area (Å²) in [4.78, 5) is 37.5. The van der Waals surface area contributed by atoms with Gasteiger partial charge in [0.2, 0.25) is 0 Å². The SMILES string of the molecule is COc1cc(/C=N\NC(=O)C(=O)NC[C@H]2CCCO2)ccc1OCC(=O)N1CCOCC1. The monoisotopic (exact) mass is 448 g/mol. The van der Waals surface area contributed by atoms with E-state index in [0.29, 0.717) is 56.5 Å². The number of nitrogens with one attached hydrogen (secondary N) is 2. The molecule has 2 N–H and O–H groups in total. The summed E-state index contributed by atoms with van der Waals surface area (Å²) in [6, 6.07) is 4.97. The lowest BCUT2D eigenvalue weighted by atomic mass is 10.2. The standard InChI is InChI=1S/C21H28N4O7/c1-29-18-11-15(4-5-17(18)32-14-19(26)25-6-9-30-10-7-25)12-23-24-21(28)20(27)22-13-16-3-2-8-31-16/h4-5,11-12,16H,2-3,6-10,13-14H2,1H3,(H,22,27)(H,24,28)/b23-12-/t16-/m1/s1. The van der Waals surface area contributed by atoms with Crippen LogP contribution >= 0.6 is 0 Å². The molecule has 0 spiro atoms. The van der Waals surface area contributed by atoms with E-state index in [0.717, 1.165) is 12.8 Å². The Balaban J connectivity index is 1.46. The molecule has 1 aromatic rings. The van der Waals surface area contributed by atoms with Gasteiger partial charge in [-0.3, -0.25) is 14.4 Å². The van der Waals surface area contributed by atoms with E-state index in [4.69, 9.17) is 18.9 Å². The van der Waals surface area contributed by atoms with Gasteiger partial charge >= 0.3 is 11.8 Å². The molecule has 0 bridgehead atoms. The van der Waals surface area contributed by atoms with Crippen molar-refractivity contribution in [1.82, 2.24) is 15.6 Å².